The van der Waals surface area contributed by atoms with Crippen molar-refractivity contribution in [3.05, 3.63) is 66.1 Å². The SMILES string of the molecule is CC1(c2cc(Nc3nccc4nc(OCc5ncco5)cnc34)cc(F)c2F)N=C(N)SC2(S(C)(=O)=O)CC12. The second-order valence-electron chi connectivity index (χ2n) is 9.43. The van der Waals surface area contributed by atoms with Crippen LogP contribution in [-0.2, 0) is 22.0 Å². The van der Waals surface area contributed by atoms with Crippen LogP contribution in [0.25, 0.3) is 11.0 Å². The fourth-order valence-electron chi connectivity index (χ4n) is 4.92. The zero-order valence-corrected chi connectivity index (χ0v) is 22.2. The third-order valence-electron chi connectivity index (χ3n) is 6.89. The molecule has 4 aromatic rings. The number of pyridine rings is 1. The summed E-state index contributed by atoms with van der Waals surface area (Å²) in [5.74, 6) is -2.01. The van der Waals surface area contributed by atoms with Crippen molar-refractivity contribution in [2.45, 2.75) is 29.6 Å². The summed E-state index contributed by atoms with van der Waals surface area (Å²) in [6.45, 7) is 1.63. The van der Waals surface area contributed by atoms with Gasteiger partial charge in [-0.15, -0.1) is 0 Å². The number of halogens is 2. The summed E-state index contributed by atoms with van der Waals surface area (Å²) in [7, 11) is -3.56. The molecule has 1 aliphatic carbocycles. The van der Waals surface area contributed by atoms with Crippen molar-refractivity contribution in [1.29, 1.82) is 0 Å². The Hall–Kier alpha value is -3.85. The number of ether oxygens (including phenoxy) is 1. The topological polar surface area (TPSA) is 158 Å². The van der Waals surface area contributed by atoms with Gasteiger partial charge in [0.05, 0.1) is 23.4 Å². The van der Waals surface area contributed by atoms with Crippen LogP contribution in [0.1, 0.15) is 24.8 Å². The molecule has 0 bridgehead atoms. The van der Waals surface area contributed by atoms with E-state index >= 15 is 4.39 Å². The number of aliphatic imine (C=N–C) groups is 1. The first-order valence-electron chi connectivity index (χ1n) is 11.6. The fourth-order valence-corrected chi connectivity index (χ4v) is 8.21. The van der Waals surface area contributed by atoms with Gasteiger partial charge in [-0.25, -0.2) is 37.1 Å². The summed E-state index contributed by atoms with van der Waals surface area (Å²) in [4.78, 5) is 21.4. The summed E-state index contributed by atoms with van der Waals surface area (Å²) in [6, 6.07) is 3.99. The molecule has 11 nitrogen and oxygen atoms in total. The first kappa shape index (κ1) is 25.4. The van der Waals surface area contributed by atoms with Crippen LogP contribution >= 0.6 is 11.8 Å². The van der Waals surface area contributed by atoms with E-state index in [2.05, 4.69) is 30.2 Å². The standard InChI is InChI=1S/C24H21F2N7O4S2/c1-23(16-9-24(16,39(2,34)35)38-22(27)33-23)13-7-12(8-14(25)19(13)26)31-21-20-15(3-4-29-21)32-17(10-30-20)37-11-18-28-5-6-36-18/h3-8,10,16H,9,11H2,1-2H3,(H2,27,33)(H,29,31). The quantitative estimate of drug-likeness (QED) is 0.332. The van der Waals surface area contributed by atoms with E-state index < -0.39 is 37.0 Å². The van der Waals surface area contributed by atoms with Gasteiger partial charge in [0.2, 0.25) is 11.8 Å². The summed E-state index contributed by atoms with van der Waals surface area (Å²) >= 11 is 0.952. The van der Waals surface area contributed by atoms with Crippen LogP contribution in [-0.4, -0.2) is 43.9 Å². The van der Waals surface area contributed by atoms with Gasteiger partial charge >= 0.3 is 0 Å². The first-order chi connectivity index (χ1) is 18.5. The number of nitrogens with one attached hydrogen (secondary N) is 1. The molecule has 4 heterocycles. The molecule has 202 valence electrons. The molecule has 3 atom stereocenters. The number of nitrogens with two attached hydrogens (primary N) is 1. The second-order valence-corrected chi connectivity index (χ2v) is 13.3. The number of aromatic nitrogens is 4. The van der Waals surface area contributed by atoms with E-state index in [9.17, 15) is 12.8 Å². The highest BCUT2D eigenvalue weighted by Gasteiger charge is 2.72. The number of sulfone groups is 1. The predicted octanol–water partition coefficient (Wildman–Crippen LogP) is 3.65. The maximum Gasteiger partial charge on any atom is 0.233 e. The lowest BCUT2D eigenvalue weighted by Crippen LogP contribution is -2.39. The molecule has 3 N–H and O–H groups in total. The van der Waals surface area contributed by atoms with E-state index in [1.807, 2.05) is 0 Å². The lowest BCUT2D eigenvalue weighted by atomic mass is 9.86. The smallest absolute Gasteiger partial charge is 0.233 e. The molecule has 0 radical (unpaired) electrons. The number of fused-ring (bicyclic) bond motifs is 2. The third-order valence-corrected chi connectivity index (χ3v) is 10.8. The average molecular weight is 574 g/mol. The molecule has 1 aliphatic heterocycles. The minimum absolute atomic E-state index is 0.00157. The summed E-state index contributed by atoms with van der Waals surface area (Å²) < 4.78 is 64.8. The molecule has 0 saturated heterocycles. The maximum absolute atomic E-state index is 15.2. The summed E-state index contributed by atoms with van der Waals surface area (Å²) in [5.41, 5.74) is 5.43. The minimum Gasteiger partial charge on any atom is -0.467 e. The van der Waals surface area contributed by atoms with Gasteiger partial charge in [0.25, 0.3) is 0 Å². The van der Waals surface area contributed by atoms with Crippen molar-refractivity contribution in [2.75, 3.05) is 11.6 Å². The Bertz CT molecular complexity index is 1750. The largest absolute Gasteiger partial charge is 0.467 e. The maximum atomic E-state index is 15.2. The monoisotopic (exact) mass is 573 g/mol. The Balaban J connectivity index is 1.33. The molecule has 2 aliphatic rings. The molecule has 1 fully saturated rings. The van der Waals surface area contributed by atoms with E-state index in [1.165, 1.54) is 30.9 Å². The zero-order chi connectivity index (χ0) is 27.6. The van der Waals surface area contributed by atoms with Crippen LogP contribution in [0.2, 0.25) is 0 Å². The van der Waals surface area contributed by atoms with Crippen molar-refractivity contribution < 1.29 is 26.4 Å². The number of anilines is 2. The van der Waals surface area contributed by atoms with Gasteiger partial charge in [-0.3, -0.25) is 4.99 Å². The van der Waals surface area contributed by atoms with E-state index in [0.717, 1.165) is 24.1 Å². The highest BCUT2D eigenvalue weighted by molar-refractivity contribution is 8.24. The van der Waals surface area contributed by atoms with Crippen LogP contribution in [0.15, 0.2) is 52.5 Å². The molecular formula is C24H21F2N7O4S2. The molecule has 39 heavy (non-hydrogen) atoms. The van der Waals surface area contributed by atoms with E-state index in [4.69, 9.17) is 14.9 Å². The Kier molecular flexibility index (Phi) is 5.77. The highest BCUT2D eigenvalue weighted by atomic mass is 32.3. The van der Waals surface area contributed by atoms with Gasteiger partial charge in [0.15, 0.2) is 39.1 Å². The average Bonchev–Trinajstić information content (AvgIpc) is 3.43. The van der Waals surface area contributed by atoms with E-state index in [-0.39, 0.29) is 41.1 Å². The molecule has 3 unspecified atom stereocenters. The fraction of sp³-hybridized carbons (Fsp3) is 0.292. The van der Waals surface area contributed by atoms with Crippen molar-refractivity contribution in [3.8, 4) is 5.88 Å². The number of benzene rings is 1. The minimum atomic E-state index is -3.56. The summed E-state index contributed by atoms with van der Waals surface area (Å²) in [6.07, 6.45) is 7.14. The van der Waals surface area contributed by atoms with Gasteiger partial charge < -0.3 is 20.2 Å². The highest BCUT2D eigenvalue weighted by Crippen LogP contribution is 2.68. The Morgan fingerprint density at radius 2 is 2.08 bits per heavy atom. The first-order valence-corrected chi connectivity index (χ1v) is 14.3. The van der Waals surface area contributed by atoms with Crippen LogP contribution in [0, 0.1) is 17.6 Å². The van der Waals surface area contributed by atoms with Crippen molar-refractivity contribution in [3.63, 3.8) is 0 Å². The molecule has 0 spiro atoms. The lowest BCUT2D eigenvalue weighted by Gasteiger charge is -2.33. The van der Waals surface area contributed by atoms with Gasteiger partial charge in [-0.1, -0.05) is 11.8 Å². The summed E-state index contributed by atoms with van der Waals surface area (Å²) in [5, 5.41) is 2.98. The van der Waals surface area contributed by atoms with Gasteiger partial charge in [0, 0.05) is 35.7 Å². The number of hydrogen-bond acceptors (Lipinski definition) is 12. The van der Waals surface area contributed by atoms with Crippen molar-refractivity contribution in [2.24, 2.45) is 16.6 Å². The van der Waals surface area contributed by atoms with Gasteiger partial charge in [0.1, 0.15) is 15.9 Å². The molecule has 15 heteroatoms. The Morgan fingerprint density at radius 1 is 1.26 bits per heavy atom. The molecule has 1 saturated carbocycles. The van der Waals surface area contributed by atoms with Gasteiger partial charge in [-0.2, -0.15) is 0 Å². The van der Waals surface area contributed by atoms with E-state index in [0.29, 0.717) is 16.9 Å². The van der Waals surface area contributed by atoms with E-state index in [1.54, 1.807) is 13.0 Å². The molecule has 3 aromatic heterocycles. The number of nitrogens with zero attached hydrogens (tertiary/aromatic N) is 5. The lowest BCUT2D eigenvalue weighted by molar-refractivity contribution is 0.253. The molecule has 0 amide bonds. The number of oxazole rings is 1. The molecule has 6 rings (SSSR count). The number of hydrogen-bond donors (Lipinski definition) is 2. The Labute approximate surface area is 225 Å². The van der Waals surface area contributed by atoms with Crippen LogP contribution in [0.4, 0.5) is 20.3 Å². The predicted molar refractivity (Wildman–Crippen MR) is 140 cm³/mol. The van der Waals surface area contributed by atoms with Crippen LogP contribution in [0.5, 0.6) is 5.88 Å². The normalized spacial score (nSPS) is 24.2. The molecule has 1 aromatic carbocycles. The van der Waals surface area contributed by atoms with Crippen molar-refractivity contribution in [1.82, 2.24) is 19.9 Å². The number of thioether (sulfide) groups is 1. The van der Waals surface area contributed by atoms with Crippen LogP contribution < -0.4 is 15.8 Å². The van der Waals surface area contributed by atoms with Crippen molar-refractivity contribution >= 4 is 49.3 Å². The number of rotatable bonds is 7. The molecular weight excluding hydrogens is 552 g/mol. The Morgan fingerprint density at radius 3 is 2.82 bits per heavy atom. The third kappa shape index (κ3) is 4.25. The number of amidine groups is 1. The second kappa shape index (κ2) is 8.84. The van der Waals surface area contributed by atoms with Gasteiger partial charge in [-0.05, 0) is 25.5 Å². The van der Waals surface area contributed by atoms with Crippen LogP contribution in [0.3, 0.4) is 0 Å². The zero-order valence-electron chi connectivity index (χ0n) is 20.6.